The minimum Gasteiger partial charge on any atom is -0.392 e. The Morgan fingerprint density at radius 3 is 2.34 bits per heavy atom. The number of amides is 2. The molecular formula is C37H41ClF3N3O6. The summed E-state index contributed by atoms with van der Waals surface area (Å²) in [6, 6.07) is 20.4. The van der Waals surface area contributed by atoms with Crippen LogP contribution in [0.5, 0.6) is 0 Å². The van der Waals surface area contributed by atoms with Crippen molar-refractivity contribution in [3.63, 3.8) is 0 Å². The first-order valence-electron chi connectivity index (χ1n) is 16.8. The number of benzene rings is 3. The van der Waals surface area contributed by atoms with Gasteiger partial charge in [0.05, 0.1) is 24.4 Å². The van der Waals surface area contributed by atoms with Gasteiger partial charge in [0.15, 0.2) is 6.29 Å². The molecule has 50 heavy (non-hydrogen) atoms. The van der Waals surface area contributed by atoms with Crippen molar-refractivity contribution in [2.24, 2.45) is 5.92 Å². The summed E-state index contributed by atoms with van der Waals surface area (Å²) in [5.74, 6) is -2.81. The van der Waals surface area contributed by atoms with Crippen molar-refractivity contribution in [2.45, 2.75) is 75.5 Å². The van der Waals surface area contributed by atoms with Crippen LogP contribution in [0.3, 0.4) is 0 Å². The molecule has 268 valence electrons. The zero-order valence-corrected chi connectivity index (χ0v) is 28.4. The normalized spacial score (nSPS) is 25.7. The first-order chi connectivity index (χ1) is 23.8. The summed E-state index contributed by atoms with van der Waals surface area (Å²) in [6.45, 7) is 3.69. The first-order valence-corrected chi connectivity index (χ1v) is 17.2. The van der Waals surface area contributed by atoms with Crippen LogP contribution in [0.4, 0.5) is 18.9 Å². The lowest BCUT2D eigenvalue weighted by atomic mass is 9.84. The lowest BCUT2D eigenvalue weighted by molar-refractivity contribution is -0.277. The highest BCUT2D eigenvalue weighted by molar-refractivity contribution is 6.30. The van der Waals surface area contributed by atoms with Gasteiger partial charge in [-0.25, -0.2) is 0 Å². The smallest absolute Gasteiger partial charge is 0.392 e. The average Bonchev–Trinajstić information content (AvgIpc) is 3.60. The van der Waals surface area contributed by atoms with Gasteiger partial charge in [-0.1, -0.05) is 67.1 Å². The number of anilines is 1. The van der Waals surface area contributed by atoms with E-state index in [1.807, 2.05) is 36.4 Å². The summed E-state index contributed by atoms with van der Waals surface area (Å²) in [5.41, 5.74) is 2.49. The molecule has 3 N–H and O–H groups in total. The van der Waals surface area contributed by atoms with E-state index >= 15 is 0 Å². The molecular weight excluding hydrogens is 675 g/mol. The fourth-order valence-corrected chi connectivity index (χ4v) is 7.30. The number of aliphatic hydroxyl groups is 2. The first kappa shape index (κ1) is 36.3. The van der Waals surface area contributed by atoms with Gasteiger partial charge in [0.2, 0.25) is 5.91 Å². The summed E-state index contributed by atoms with van der Waals surface area (Å²) in [5, 5.41) is 24.3. The van der Waals surface area contributed by atoms with Gasteiger partial charge in [0.25, 0.3) is 0 Å². The van der Waals surface area contributed by atoms with E-state index in [9.17, 15) is 33.0 Å². The Bertz CT molecular complexity index is 1650. The average molecular weight is 716 g/mol. The standard InChI is InChI=1S/C37H41ClF3N3O6/c1-23-31(21-43-18-15-36(48,16-19-43)27-11-13-28(38)14-12-27)49-34(50-32(23)25-9-7-24(22-45)8-10-25)26-4-2-5-29(20-26)42-33(46)30-6-3-17-44(30)35(47)37(39,40)41/h2,4-5,7-14,20,23,30-32,34,45,48H,3,6,15-19,21-22H2,1H3,(H,42,46)/t23-,30+,31+,32+,34+/m1/s1. The molecule has 3 aromatic rings. The molecule has 3 aliphatic rings. The summed E-state index contributed by atoms with van der Waals surface area (Å²) >= 11 is 6.06. The Labute approximate surface area is 293 Å². The Hall–Kier alpha value is -3.52. The van der Waals surface area contributed by atoms with Crippen LogP contribution in [-0.2, 0) is 31.3 Å². The molecule has 3 heterocycles. The van der Waals surface area contributed by atoms with Crippen LogP contribution in [0.2, 0.25) is 5.02 Å². The zero-order valence-electron chi connectivity index (χ0n) is 27.6. The Morgan fingerprint density at radius 1 is 0.980 bits per heavy atom. The number of aliphatic hydroxyl groups excluding tert-OH is 1. The molecule has 13 heteroatoms. The highest BCUT2D eigenvalue weighted by Gasteiger charge is 2.48. The van der Waals surface area contributed by atoms with E-state index in [1.165, 1.54) is 0 Å². The fourth-order valence-electron chi connectivity index (χ4n) is 7.17. The van der Waals surface area contributed by atoms with E-state index in [-0.39, 0.29) is 37.7 Å². The van der Waals surface area contributed by atoms with Crippen molar-refractivity contribution in [3.05, 3.63) is 100 Å². The Balaban J connectivity index is 1.19. The number of nitrogens with zero attached hydrogens (tertiary/aromatic N) is 2. The second-order valence-corrected chi connectivity index (χ2v) is 13.9. The van der Waals surface area contributed by atoms with E-state index in [4.69, 9.17) is 21.1 Å². The van der Waals surface area contributed by atoms with Gasteiger partial charge in [-0.3, -0.25) is 9.59 Å². The lowest BCUT2D eigenvalue weighted by Crippen LogP contribution is -2.49. The quantitative estimate of drug-likeness (QED) is 0.259. The molecule has 3 aromatic carbocycles. The zero-order chi connectivity index (χ0) is 35.6. The maximum absolute atomic E-state index is 13.2. The highest BCUT2D eigenvalue weighted by Crippen LogP contribution is 2.43. The van der Waals surface area contributed by atoms with Crippen LogP contribution in [-0.4, -0.2) is 76.3 Å². The number of likely N-dealkylation sites (tertiary alicyclic amines) is 2. The molecule has 0 saturated carbocycles. The number of rotatable bonds is 8. The monoisotopic (exact) mass is 715 g/mol. The Kier molecular flexibility index (Phi) is 10.9. The van der Waals surface area contributed by atoms with Crippen LogP contribution < -0.4 is 5.32 Å². The third-order valence-electron chi connectivity index (χ3n) is 10.1. The SMILES string of the molecule is C[C@@H]1[C@H](CN2CCC(O)(c3ccc(Cl)cc3)CC2)O[C@H](c2cccc(NC(=O)[C@@H]3CCCN3C(=O)C(F)(F)F)c2)O[C@@H]1c1ccc(CO)cc1. The van der Waals surface area contributed by atoms with Gasteiger partial charge in [0, 0.05) is 48.4 Å². The number of hydrogen-bond acceptors (Lipinski definition) is 7. The molecule has 3 fully saturated rings. The molecule has 0 unspecified atom stereocenters. The predicted molar refractivity (Wildman–Crippen MR) is 180 cm³/mol. The number of piperidine rings is 1. The van der Waals surface area contributed by atoms with E-state index in [0.29, 0.717) is 60.1 Å². The number of halogens is 4. The van der Waals surface area contributed by atoms with Crippen molar-refractivity contribution < 1.29 is 42.4 Å². The van der Waals surface area contributed by atoms with Crippen LogP contribution >= 0.6 is 11.6 Å². The van der Waals surface area contributed by atoms with Gasteiger partial charge < -0.3 is 34.8 Å². The van der Waals surface area contributed by atoms with Crippen molar-refractivity contribution in [1.82, 2.24) is 9.80 Å². The van der Waals surface area contributed by atoms with Crippen LogP contribution in [0.25, 0.3) is 0 Å². The van der Waals surface area contributed by atoms with E-state index < -0.39 is 35.9 Å². The molecule has 6 rings (SSSR count). The lowest BCUT2D eigenvalue weighted by Gasteiger charge is -2.45. The number of carbonyl (C=O) groups excluding carboxylic acids is 2. The maximum atomic E-state index is 13.2. The largest absolute Gasteiger partial charge is 0.471 e. The van der Waals surface area contributed by atoms with Crippen LogP contribution in [0.1, 0.15) is 67.3 Å². The predicted octanol–water partition coefficient (Wildman–Crippen LogP) is 6.10. The minimum absolute atomic E-state index is 0.0887. The number of alkyl halides is 3. The van der Waals surface area contributed by atoms with E-state index in [2.05, 4.69) is 17.1 Å². The van der Waals surface area contributed by atoms with E-state index in [0.717, 1.165) is 16.7 Å². The summed E-state index contributed by atoms with van der Waals surface area (Å²) in [4.78, 5) is 27.9. The van der Waals surface area contributed by atoms with Crippen molar-refractivity contribution >= 4 is 29.1 Å². The third kappa shape index (κ3) is 8.01. The molecule has 5 atom stereocenters. The van der Waals surface area contributed by atoms with Crippen LogP contribution in [0.15, 0.2) is 72.8 Å². The molecule has 2 amide bonds. The number of carbonyl (C=O) groups is 2. The molecule has 0 radical (unpaired) electrons. The minimum atomic E-state index is -5.06. The summed E-state index contributed by atoms with van der Waals surface area (Å²) in [6.07, 6.45) is -5.09. The summed E-state index contributed by atoms with van der Waals surface area (Å²) in [7, 11) is 0. The molecule has 0 aliphatic carbocycles. The number of hydrogen-bond donors (Lipinski definition) is 3. The van der Waals surface area contributed by atoms with Gasteiger partial charge >= 0.3 is 12.1 Å². The topological polar surface area (TPSA) is 112 Å². The van der Waals surface area contributed by atoms with Gasteiger partial charge in [-0.05, 0) is 66.6 Å². The van der Waals surface area contributed by atoms with Crippen molar-refractivity contribution in [3.8, 4) is 0 Å². The number of nitrogens with one attached hydrogen (secondary N) is 1. The molecule has 3 saturated heterocycles. The molecule has 3 aliphatic heterocycles. The fraction of sp³-hybridized carbons (Fsp3) is 0.459. The molecule has 0 aromatic heterocycles. The molecule has 0 bridgehead atoms. The van der Waals surface area contributed by atoms with Crippen LogP contribution in [0, 0.1) is 5.92 Å². The second kappa shape index (κ2) is 15.0. The van der Waals surface area contributed by atoms with Crippen molar-refractivity contribution in [1.29, 1.82) is 0 Å². The molecule has 9 nitrogen and oxygen atoms in total. The van der Waals surface area contributed by atoms with Gasteiger partial charge in [-0.15, -0.1) is 0 Å². The molecule has 0 spiro atoms. The highest BCUT2D eigenvalue weighted by atomic mass is 35.5. The Morgan fingerprint density at radius 2 is 1.68 bits per heavy atom. The second-order valence-electron chi connectivity index (χ2n) is 13.4. The number of ether oxygens (including phenoxy) is 2. The van der Waals surface area contributed by atoms with Gasteiger partial charge in [0.1, 0.15) is 6.04 Å². The summed E-state index contributed by atoms with van der Waals surface area (Å²) < 4.78 is 52.7. The van der Waals surface area contributed by atoms with Crippen molar-refractivity contribution in [2.75, 3.05) is 31.5 Å². The maximum Gasteiger partial charge on any atom is 0.471 e. The van der Waals surface area contributed by atoms with Gasteiger partial charge in [-0.2, -0.15) is 13.2 Å². The van der Waals surface area contributed by atoms with E-state index in [1.54, 1.807) is 36.4 Å². The third-order valence-corrected chi connectivity index (χ3v) is 10.4.